The third-order valence-electron chi connectivity index (χ3n) is 4.96. The lowest BCUT2D eigenvalue weighted by atomic mass is 9.93. The Morgan fingerprint density at radius 3 is 1.73 bits per heavy atom. The van der Waals surface area contributed by atoms with Crippen molar-refractivity contribution in [2.24, 2.45) is 0 Å². The fourth-order valence-electron chi connectivity index (χ4n) is 3.43. The van der Waals surface area contributed by atoms with Crippen LogP contribution in [0, 0.1) is 0 Å². The van der Waals surface area contributed by atoms with Gasteiger partial charge in [0.25, 0.3) is 0 Å². The van der Waals surface area contributed by atoms with Crippen molar-refractivity contribution in [3.8, 4) is 0 Å². The quantitative estimate of drug-likeness (QED) is 0.397. The van der Waals surface area contributed by atoms with Crippen molar-refractivity contribution in [3.63, 3.8) is 0 Å². The van der Waals surface area contributed by atoms with Gasteiger partial charge >= 0.3 is 0 Å². The predicted molar refractivity (Wildman–Crippen MR) is 113 cm³/mol. The molecule has 3 aromatic carbocycles. The summed E-state index contributed by atoms with van der Waals surface area (Å²) in [7, 11) is 0. The van der Waals surface area contributed by atoms with E-state index in [0.717, 1.165) is 38.5 Å². The minimum absolute atomic E-state index is 1.04. The molecule has 0 fully saturated rings. The molecule has 26 heavy (non-hydrogen) atoms. The third kappa shape index (κ3) is 5.46. The number of hydrogen-bond donors (Lipinski definition) is 0. The SMILES string of the molecule is C=CCCc1ccc(CCc2ccccc2)cc1CCc1ccccc1. The molecule has 0 atom stereocenters. The summed E-state index contributed by atoms with van der Waals surface area (Å²) < 4.78 is 0. The molecule has 0 unspecified atom stereocenters. The monoisotopic (exact) mass is 340 g/mol. The first kappa shape index (κ1) is 18.2. The Balaban J connectivity index is 1.71. The van der Waals surface area contributed by atoms with Crippen LogP contribution in [0.3, 0.4) is 0 Å². The van der Waals surface area contributed by atoms with Gasteiger partial charge in [0.05, 0.1) is 0 Å². The molecule has 3 rings (SSSR count). The molecule has 0 heteroatoms. The zero-order chi connectivity index (χ0) is 18.0. The normalized spacial score (nSPS) is 10.6. The molecule has 0 aliphatic carbocycles. The van der Waals surface area contributed by atoms with E-state index in [9.17, 15) is 0 Å². The Kier molecular flexibility index (Phi) is 6.84. The highest BCUT2D eigenvalue weighted by Gasteiger charge is 2.05. The van der Waals surface area contributed by atoms with Crippen LogP contribution in [0.15, 0.2) is 91.5 Å². The van der Waals surface area contributed by atoms with Crippen molar-refractivity contribution in [3.05, 3.63) is 119 Å². The van der Waals surface area contributed by atoms with Crippen LogP contribution in [0.25, 0.3) is 0 Å². The Bertz CT molecular complexity index is 800. The second kappa shape index (κ2) is 9.77. The van der Waals surface area contributed by atoms with Gasteiger partial charge in [-0.05, 0) is 66.3 Å². The van der Waals surface area contributed by atoms with Crippen molar-refractivity contribution in [1.29, 1.82) is 0 Å². The van der Waals surface area contributed by atoms with Crippen LogP contribution >= 0.6 is 0 Å². The molecule has 0 heterocycles. The Morgan fingerprint density at radius 1 is 0.538 bits per heavy atom. The molecule has 0 saturated carbocycles. The molecular weight excluding hydrogens is 312 g/mol. The highest BCUT2D eigenvalue weighted by molar-refractivity contribution is 5.34. The number of rotatable bonds is 9. The standard InChI is InChI=1S/C26H28/c1-2-3-14-25-19-18-24(16-15-22-10-6-4-7-11-22)21-26(25)20-17-23-12-8-5-9-13-23/h2,4-13,18-19,21H,1,3,14-17,20H2. The zero-order valence-corrected chi connectivity index (χ0v) is 15.5. The Morgan fingerprint density at radius 2 is 1.12 bits per heavy atom. The molecule has 132 valence electrons. The second-order valence-corrected chi connectivity index (χ2v) is 6.90. The summed E-state index contributed by atoms with van der Waals surface area (Å²) in [6.45, 7) is 3.88. The van der Waals surface area contributed by atoms with Gasteiger partial charge < -0.3 is 0 Å². The van der Waals surface area contributed by atoms with E-state index in [-0.39, 0.29) is 0 Å². The summed E-state index contributed by atoms with van der Waals surface area (Å²) >= 11 is 0. The largest absolute Gasteiger partial charge is 0.103 e. The predicted octanol–water partition coefficient (Wildman–Crippen LogP) is 6.38. The summed E-state index contributed by atoms with van der Waals surface area (Å²) in [6.07, 6.45) is 8.56. The van der Waals surface area contributed by atoms with Crippen molar-refractivity contribution < 1.29 is 0 Å². The summed E-state index contributed by atoms with van der Waals surface area (Å²) in [5.74, 6) is 0. The van der Waals surface area contributed by atoms with Gasteiger partial charge in [0.15, 0.2) is 0 Å². The van der Waals surface area contributed by atoms with Crippen LogP contribution in [0.4, 0.5) is 0 Å². The first-order valence-electron chi connectivity index (χ1n) is 9.64. The van der Waals surface area contributed by atoms with Gasteiger partial charge in [-0.3, -0.25) is 0 Å². The Labute approximate surface area is 158 Å². The smallest absolute Gasteiger partial charge is 0.0235 e. The van der Waals surface area contributed by atoms with E-state index in [1.54, 1.807) is 0 Å². The van der Waals surface area contributed by atoms with Crippen LogP contribution in [0.5, 0.6) is 0 Å². The van der Waals surface area contributed by atoms with E-state index in [2.05, 4.69) is 85.4 Å². The van der Waals surface area contributed by atoms with Gasteiger partial charge in [-0.1, -0.05) is 84.9 Å². The Hall–Kier alpha value is -2.60. The molecule has 0 bridgehead atoms. The fourth-order valence-corrected chi connectivity index (χ4v) is 3.43. The van der Waals surface area contributed by atoms with Crippen LogP contribution in [0.2, 0.25) is 0 Å². The molecule has 3 aromatic rings. The number of hydrogen-bond acceptors (Lipinski definition) is 0. The van der Waals surface area contributed by atoms with Gasteiger partial charge in [-0.15, -0.1) is 6.58 Å². The van der Waals surface area contributed by atoms with Crippen LogP contribution in [0.1, 0.15) is 34.2 Å². The minimum atomic E-state index is 1.04. The van der Waals surface area contributed by atoms with Crippen LogP contribution in [-0.2, 0) is 32.1 Å². The van der Waals surface area contributed by atoms with Gasteiger partial charge in [-0.25, -0.2) is 0 Å². The lowest BCUT2D eigenvalue weighted by molar-refractivity contribution is 0.892. The van der Waals surface area contributed by atoms with Gasteiger partial charge in [0.2, 0.25) is 0 Å². The van der Waals surface area contributed by atoms with E-state index < -0.39 is 0 Å². The van der Waals surface area contributed by atoms with E-state index in [1.165, 1.54) is 27.8 Å². The van der Waals surface area contributed by atoms with Gasteiger partial charge in [0, 0.05) is 0 Å². The van der Waals surface area contributed by atoms with Crippen molar-refractivity contribution in [2.75, 3.05) is 0 Å². The summed E-state index contributed by atoms with van der Waals surface area (Å²) in [5, 5.41) is 0. The number of aryl methyl sites for hydroxylation is 5. The molecule has 0 radical (unpaired) electrons. The lowest BCUT2D eigenvalue weighted by Crippen LogP contribution is -2.00. The molecule has 0 aliphatic rings. The summed E-state index contributed by atoms with van der Waals surface area (Å²) in [4.78, 5) is 0. The zero-order valence-electron chi connectivity index (χ0n) is 15.5. The van der Waals surface area contributed by atoms with E-state index in [4.69, 9.17) is 0 Å². The molecular formula is C26H28. The number of allylic oxidation sites excluding steroid dienone is 1. The summed E-state index contributed by atoms with van der Waals surface area (Å²) in [6, 6.07) is 28.6. The second-order valence-electron chi connectivity index (χ2n) is 6.90. The average Bonchev–Trinajstić information content (AvgIpc) is 2.71. The van der Waals surface area contributed by atoms with Crippen LogP contribution in [-0.4, -0.2) is 0 Å². The molecule has 0 amide bonds. The lowest BCUT2D eigenvalue weighted by Gasteiger charge is -2.12. The minimum Gasteiger partial charge on any atom is -0.103 e. The number of benzene rings is 3. The molecule has 0 N–H and O–H groups in total. The van der Waals surface area contributed by atoms with Crippen molar-refractivity contribution in [2.45, 2.75) is 38.5 Å². The van der Waals surface area contributed by atoms with E-state index in [0.29, 0.717) is 0 Å². The summed E-state index contributed by atoms with van der Waals surface area (Å²) in [5.41, 5.74) is 7.25. The topological polar surface area (TPSA) is 0 Å². The highest BCUT2D eigenvalue weighted by atomic mass is 14.1. The molecule has 0 aromatic heterocycles. The maximum atomic E-state index is 3.88. The maximum Gasteiger partial charge on any atom is -0.0235 e. The molecule has 0 spiro atoms. The first-order valence-corrected chi connectivity index (χ1v) is 9.64. The highest BCUT2D eigenvalue weighted by Crippen LogP contribution is 2.19. The van der Waals surface area contributed by atoms with Gasteiger partial charge in [0.1, 0.15) is 0 Å². The maximum absolute atomic E-state index is 3.88. The van der Waals surface area contributed by atoms with E-state index in [1.807, 2.05) is 6.08 Å². The average molecular weight is 341 g/mol. The first-order chi connectivity index (χ1) is 12.8. The fraction of sp³-hybridized carbons (Fsp3) is 0.231. The molecule has 0 saturated heterocycles. The molecule has 0 nitrogen and oxygen atoms in total. The molecule has 0 aliphatic heterocycles. The van der Waals surface area contributed by atoms with Crippen molar-refractivity contribution >= 4 is 0 Å². The van der Waals surface area contributed by atoms with E-state index >= 15 is 0 Å². The van der Waals surface area contributed by atoms with Crippen LogP contribution < -0.4 is 0 Å². The third-order valence-corrected chi connectivity index (χ3v) is 4.96. The van der Waals surface area contributed by atoms with Gasteiger partial charge in [-0.2, -0.15) is 0 Å². The van der Waals surface area contributed by atoms with Crippen molar-refractivity contribution in [1.82, 2.24) is 0 Å².